The molecule has 4 rings (SSSR count). The Morgan fingerprint density at radius 3 is 2.96 bits per heavy atom. The van der Waals surface area contributed by atoms with E-state index in [1.54, 1.807) is 39.8 Å². The number of pyridine rings is 1. The zero-order chi connectivity index (χ0) is 16.0. The van der Waals surface area contributed by atoms with Crippen molar-refractivity contribution in [1.82, 2.24) is 9.88 Å². The number of amides is 1. The number of carbonyl (C=O) groups excluding carboxylic acids is 1. The molecular weight excluding hydrogens is 407 g/mol. The van der Waals surface area contributed by atoms with Crippen LogP contribution < -0.4 is 10.3 Å². The smallest absolute Gasteiger partial charge is 0.169 e. The predicted octanol–water partition coefficient (Wildman–Crippen LogP) is 1.61. The number of aryl methyl sites for hydroxylation is 1. The second-order valence-electron chi connectivity index (χ2n) is 5.32. The van der Waals surface area contributed by atoms with Crippen molar-refractivity contribution >= 4 is 40.8 Å². The van der Waals surface area contributed by atoms with Gasteiger partial charge in [-0.25, -0.2) is 9.55 Å². The van der Waals surface area contributed by atoms with Gasteiger partial charge in [0.2, 0.25) is 0 Å². The summed E-state index contributed by atoms with van der Waals surface area (Å²) in [5.41, 5.74) is 7.85. The average Bonchev–Trinajstić information content (AvgIpc) is 3.03. The van der Waals surface area contributed by atoms with Gasteiger partial charge in [-0.05, 0) is 0 Å². The van der Waals surface area contributed by atoms with E-state index in [0.717, 1.165) is 26.3 Å². The second kappa shape index (κ2) is 7.18. The maximum Gasteiger partial charge on any atom is 0.169 e. The molecule has 4 heterocycles. The number of hydrogen-bond acceptors (Lipinski definition) is 6. The summed E-state index contributed by atoms with van der Waals surface area (Å²) in [6, 6.07) is 3.73. The molecule has 1 radical (unpaired) electrons. The summed E-state index contributed by atoms with van der Waals surface area (Å²) < 4.78 is 2.96. The Morgan fingerprint density at radius 2 is 2.21 bits per heavy atom. The number of thiazole rings is 1. The molecule has 24 heavy (non-hydrogen) atoms. The first-order valence-corrected chi connectivity index (χ1v) is 9.78. The first-order valence-electron chi connectivity index (χ1n) is 7.03. The van der Waals surface area contributed by atoms with Crippen molar-refractivity contribution in [2.24, 2.45) is 12.8 Å². The van der Waals surface area contributed by atoms with E-state index in [9.17, 15) is 4.79 Å². The number of hydrogen-bond donors (Lipinski definition) is 1. The van der Waals surface area contributed by atoms with Crippen LogP contribution in [0.5, 0.6) is 0 Å². The Balaban J connectivity index is 0.00000169. The largest absolute Gasteiger partial charge is 0.470 e. The number of β-lactam (4-membered cyclic amide) rings is 1. The number of fused-ring (bicyclic) bond motifs is 1. The molecule has 0 saturated carbocycles. The quantitative estimate of drug-likeness (QED) is 0.464. The van der Waals surface area contributed by atoms with Crippen LogP contribution in [0.4, 0.5) is 0 Å². The van der Waals surface area contributed by atoms with Crippen LogP contribution in [0, 0.1) is 6.20 Å². The number of aromatic nitrogens is 2. The van der Waals surface area contributed by atoms with Gasteiger partial charge in [0.15, 0.2) is 16.7 Å². The molecule has 0 unspecified atom stereocenters. The Morgan fingerprint density at radius 1 is 1.46 bits per heavy atom. The molecular formula is C15H14CoN4OS3. The summed E-state index contributed by atoms with van der Waals surface area (Å²) in [5, 5.41) is 2.12. The fourth-order valence-corrected chi connectivity index (χ4v) is 5.52. The van der Waals surface area contributed by atoms with Crippen LogP contribution in [-0.4, -0.2) is 33.0 Å². The molecule has 2 N–H and O–H groups in total. The van der Waals surface area contributed by atoms with E-state index >= 15 is 0 Å². The van der Waals surface area contributed by atoms with Crippen LogP contribution in [0.25, 0.3) is 11.3 Å². The van der Waals surface area contributed by atoms with Crippen LogP contribution in [0.15, 0.2) is 39.2 Å². The minimum Gasteiger partial charge on any atom is -0.470 e. The van der Waals surface area contributed by atoms with E-state index in [1.807, 2.05) is 24.0 Å². The van der Waals surface area contributed by atoms with E-state index < -0.39 is 0 Å². The summed E-state index contributed by atoms with van der Waals surface area (Å²) in [7, 11) is 1.99. The zero-order valence-corrected chi connectivity index (χ0v) is 16.1. The third-order valence-corrected chi connectivity index (χ3v) is 7.09. The maximum atomic E-state index is 11.7. The van der Waals surface area contributed by atoms with Crippen LogP contribution in [0.2, 0.25) is 0 Å². The molecule has 5 nitrogen and oxygen atoms in total. The van der Waals surface area contributed by atoms with Crippen LogP contribution in [-0.2, 0) is 28.6 Å². The third kappa shape index (κ3) is 3.28. The Hall–Kier alpha value is -0.844. The van der Waals surface area contributed by atoms with Crippen molar-refractivity contribution in [1.29, 1.82) is 0 Å². The van der Waals surface area contributed by atoms with Gasteiger partial charge < -0.3 is 15.4 Å². The molecule has 1 saturated heterocycles. The van der Waals surface area contributed by atoms with Gasteiger partial charge in [-0.1, -0.05) is 16.7 Å². The van der Waals surface area contributed by atoms with Crippen molar-refractivity contribution in [3.05, 3.63) is 41.0 Å². The molecule has 2 aliphatic heterocycles. The number of nitrogens with zero attached hydrogens (tertiary/aromatic N) is 3. The number of thioether (sulfide) groups is 2. The SMILES string of the molecule is C[n+]1ccc(-c2csc(SC3=[C-]N4C(=O)[C@@H](N)[C@H]4SC3)n2)cc1.[Co]. The molecule has 1 amide bonds. The van der Waals surface area contributed by atoms with Crippen LogP contribution in [0.3, 0.4) is 0 Å². The van der Waals surface area contributed by atoms with Crippen molar-refractivity contribution in [3.63, 3.8) is 0 Å². The van der Waals surface area contributed by atoms with Gasteiger partial charge in [0.25, 0.3) is 0 Å². The van der Waals surface area contributed by atoms with Gasteiger partial charge in [-0.2, -0.15) is 6.20 Å². The molecule has 9 heteroatoms. The van der Waals surface area contributed by atoms with Crippen molar-refractivity contribution < 1.29 is 26.1 Å². The van der Waals surface area contributed by atoms with Crippen LogP contribution >= 0.6 is 34.9 Å². The summed E-state index contributed by atoms with van der Waals surface area (Å²) in [4.78, 5) is 19.0. The van der Waals surface area contributed by atoms with Gasteiger partial charge in [0.05, 0.1) is 17.0 Å². The van der Waals surface area contributed by atoms with E-state index in [1.165, 1.54) is 0 Å². The molecule has 0 aliphatic carbocycles. The normalized spacial score (nSPS) is 22.3. The number of carbonyl (C=O) groups is 1. The van der Waals surface area contributed by atoms with Crippen molar-refractivity contribution in [2.75, 3.05) is 5.75 Å². The molecule has 127 valence electrons. The zero-order valence-electron chi connectivity index (χ0n) is 12.6. The summed E-state index contributed by atoms with van der Waals surface area (Å²) >= 11 is 4.88. The van der Waals surface area contributed by atoms with Gasteiger partial charge in [-0.3, -0.25) is 0 Å². The van der Waals surface area contributed by atoms with E-state index in [0.29, 0.717) is 0 Å². The Kier molecular flexibility index (Phi) is 5.38. The van der Waals surface area contributed by atoms with Crippen molar-refractivity contribution in [3.8, 4) is 11.3 Å². The molecule has 2 aromatic heterocycles. The molecule has 0 aromatic carbocycles. The van der Waals surface area contributed by atoms with E-state index in [-0.39, 0.29) is 34.1 Å². The summed E-state index contributed by atoms with van der Waals surface area (Å²) in [6.07, 6.45) is 7.18. The summed E-state index contributed by atoms with van der Waals surface area (Å²) in [5.74, 6) is 0.778. The fraction of sp³-hybridized carbons (Fsp3) is 0.267. The topological polar surface area (TPSA) is 63.1 Å². The minimum atomic E-state index is -0.370. The van der Waals surface area contributed by atoms with Gasteiger partial charge >= 0.3 is 0 Å². The van der Waals surface area contributed by atoms with Gasteiger partial charge in [0, 0.05) is 51.6 Å². The number of nitrogens with two attached hydrogens (primary N) is 1. The fourth-order valence-electron chi connectivity index (χ4n) is 2.38. The Bertz CT molecular complexity index is 792. The van der Waals surface area contributed by atoms with Gasteiger partial charge in [-0.15, -0.1) is 23.1 Å². The first-order chi connectivity index (χ1) is 11.1. The van der Waals surface area contributed by atoms with E-state index in [2.05, 4.69) is 28.7 Å². The molecule has 2 aliphatic rings. The third-order valence-electron chi connectivity index (χ3n) is 3.68. The molecule has 2 aromatic rings. The second-order valence-corrected chi connectivity index (χ2v) is 8.63. The minimum absolute atomic E-state index is 0. The molecule has 2 atom stereocenters. The maximum absolute atomic E-state index is 11.7. The Labute approximate surface area is 162 Å². The van der Waals surface area contributed by atoms with Gasteiger partial charge in [0.1, 0.15) is 7.05 Å². The average molecular weight is 421 g/mol. The molecule has 1 fully saturated rings. The van der Waals surface area contributed by atoms with Crippen molar-refractivity contribution in [2.45, 2.75) is 15.8 Å². The van der Waals surface area contributed by atoms with E-state index in [4.69, 9.17) is 5.73 Å². The molecule has 0 bridgehead atoms. The number of rotatable bonds is 3. The molecule has 0 spiro atoms. The standard InChI is InChI=1S/C15H14N4OS3.Co/c1-18-4-2-9(3-5-18)11-8-22-15(17-11)23-10-6-19-13(20)12(16)14(19)21-7-10;/h2-5,8,12,14H,7,16H2,1H3;/t12-,14-;/m1./s1. The van der Waals surface area contributed by atoms with Crippen LogP contribution in [0.1, 0.15) is 0 Å². The predicted molar refractivity (Wildman–Crippen MR) is 92.4 cm³/mol. The first kappa shape index (κ1) is 18.0. The summed E-state index contributed by atoms with van der Waals surface area (Å²) in [6.45, 7) is 0. The monoisotopic (exact) mass is 421 g/mol.